The highest BCUT2D eigenvalue weighted by molar-refractivity contribution is 14.0. The van der Waals surface area contributed by atoms with Crippen molar-refractivity contribution in [2.45, 2.75) is 38.8 Å². The molecule has 0 amide bonds. The van der Waals surface area contributed by atoms with Gasteiger partial charge in [0.05, 0.1) is 12.8 Å². The Kier molecular flexibility index (Phi) is 7.04. The Hall–Kier alpha value is -1.62. The van der Waals surface area contributed by atoms with E-state index in [2.05, 4.69) is 30.4 Å². The van der Waals surface area contributed by atoms with Crippen LogP contribution in [0.15, 0.2) is 27.8 Å². The molecule has 0 aromatic carbocycles. The fourth-order valence-corrected chi connectivity index (χ4v) is 3.09. The first-order chi connectivity index (χ1) is 12.0. The summed E-state index contributed by atoms with van der Waals surface area (Å²) in [5.41, 5.74) is -1.10. The van der Waals surface area contributed by atoms with Gasteiger partial charge in [0.25, 0.3) is 0 Å². The minimum atomic E-state index is -1.10. The van der Waals surface area contributed by atoms with Gasteiger partial charge in [0.15, 0.2) is 5.96 Å². The van der Waals surface area contributed by atoms with E-state index in [0.717, 1.165) is 37.6 Å². The normalized spacial score (nSPS) is 19.2. The molecular formula is C17H27IN6O2. The number of hydrogen-bond donors (Lipinski definition) is 3. The number of fused-ring (bicyclic) bond motifs is 1. The van der Waals surface area contributed by atoms with Gasteiger partial charge < -0.3 is 24.7 Å². The summed E-state index contributed by atoms with van der Waals surface area (Å²) in [5.74, 6) is 3.73. The summed E-state index contributed by atoms with van der Waals surface area (Å²) in [6, 6.07) is 3.53. The summed E-state index contributed by atoms with van der Waals surface area (Å²) in [7, 11) is 1.72. The van der Waals surface area contributed by atoms with Crippen LogP contribution in [0.5, 0.6) is 0 Å². The Labute approximate surface area is 170 Å². The molecule has 9 heteroatoms. The molecule has 26 heavy (non-hydrogen) atoms. The van der Waals surface area contributed by atoms with E-state index < -0.39 is 5.60 Å². The van der Waals surface area contributed by atoms with Crippen LogP contribution in [0.4, 0.5) is 0 Å². The lowest BCUT2D eigenvalue weighted by Crippen LogP contribution is -2.46. The lowest BCUT2D eigenvalue weighted by Gasteiger charge is -2.26. The van der Waals surface area contributed by atoms with Crippen LogP contribution in [-0.4, -0.2) is 46.0 Å². The van der Waals surface area contributed by atoms with Gasteiger partial charge in [-0.05, 0) is 38.3 Å². The fraction of sp³-hybridized carbons (Fsp3) is 0.588. The van der Waals surface area contributed by atoms with E-state index in [9.17, 15) is 5.11 Å². The molecule has 8 nitrogen and oxygen atoms in total. The molecule has 2 aromatic rings. The van der Waals surface area contributed by atoms with Crippen molar-refractivity contribution in [3.05, 3.63) is 35.8 Å². The zero-order chi connectivity index (χ0) is 17.9. The van der Waals surface area contributed by atoms with Crippen molar-refractivity contribution in [3.8, 4) is 0 Å². The average Bonchev–Trinajstić information content (AvgIpc) is 3.26. The number of aliphatic hydroxyl groups is 1. The number of aromatic nitrogens is 3. The van der Waals surface area contributed by atoms with Crippen LogP contribution in [0.3, 0.4) is 0 Å². The van der Waals surface area contributed by atoms with E-state index in [1.165, 1.54) is 0 Å². The summed E-state index contributed by atoms with van der Waals surface area (Å²) in [6.07, 6.45) is 3.58. The highest BCUT2D eigenvalue weighted by atomic mass is 127. The standard InChI is InChI=1S/C17H26N6O2.HI/c1-12-21-22-15-7-6-13(10-23(12)15)9-19-16(18-3)20-11-17(2,24)14-5-4-8-25-14;/h4-5,8,13,24H,6-7,9-11H2,1-3H3,(H2,18,19,20);1H. The van der Waals surface area contributed by atoms with Crippen LogP contribution in [0.25, 0.3) is 0 Å². The van der Waals surface area contributed by atoms with Crippen LogP contribution in [0.2, 0.25) is 0 Å². The van der Waals surface area contributed by atoms with Crippen LogP contribution < -0.4 is 10.6 Å². The Balaban J connectivity index is 0.00000243. The number of nitrogens with one attached hydrogen (secondary N) is 2. The SMILES string of the molecule is CN=C(NCC1CCc2nnc(C)n2C1)NCC(C)(O)c1ccco1.I. The van der Waals surface area contributed by atoms with E-state index in [1.54, 1.807) is 32.4 Å². The molecule has 0 spiro atoms. The van der Waals surface area contributed by atoms with Crippen molar-refractivity contribution < 1.29 is 9.52 Å². The first-order valence-electron chi connectivity index (χ1n) is 8.59. The van der Waals surface area contributed by atoms with Gasteiger partial charge in [-0.15, -0.1) is 34.2 Å². The second-order valence-electron chi connectivity index (χ2n) is 6.74. The zero-order valence-electron chi connectivity index (χ0n) is 15.4. The minimum absolute atomic E-state index is 0. The van der Waals surface area contributed by atoms with Crippen molar-refractivity contribution in [3.63, 3.8) is 0 Å². The van der Waals surface area contributed by atoms with Crippen LogP contribution in [0.1, 0.15) is 30.8 Å². The van der Waals surface area contributed by atoms with Gasteiger partial charge in [-0.3, -0.25) is 4.99 Å². The van der Waals surface area contributed by atoms with Crippen molar-refractivity contribution in [1.82, 2.24) is 25.4 Å². The summed E-state index contributed by atoms with van der Waals surface area (Å²) in [4.78, 5) is 4.23. The van der Waals surface area contributed by atoms with Crippen molar-refractivity contribution in [2.75, 3.05) is 20.1 Å². The van der Waals surface area contributed by atoms with Crippen molar-refractivity contribution in [1.29, 1.82) is 0 Å². The molecule has 2 aromatic heterocycles. The highest BCUT2D eigenvalue weighted by Gasteiger charge is 2.27. The summed E-state index contributed by atoms with van der Waals surface area (Å²) in [5, 5.41) is 25.3. The van der Waals surface area contributed by atoms with E-state index >= 15 is 0 Å². The van der Waals surface area contributed by atoms with Crippen LogP contribution >= 0.6 is 24.0 Å². The third-order valence-corrected chi connectivity index (χ3v) is 4.66. The predicted molar refractivity (Wildman–Crippen MR) is 110 cm³/mol. The molecule has 2 atom stereocenters. The van der Waals surface area contributed by atoms with E-state index in [-0.39, 0.29) is 24.0 Å². The zero-order valence-corrected chi connectivity index (χ0v) is 17.7. The number of aliphatic imine (C=N–C) groups is 1. The lowest BCUT2D eigenvalue weighted by atomic mass is 9.99. The molecule has 3 rings (SSSR count). The van der Waals surface area contributed by atoms with Gasteiger partial charge in [-0.25, -0.2) is 0 Å². The van der Waals surface area contributed by atoms with Gasteiger partial charge in [0, 0.05) is 26.6 Å². The molecule has 1 aliphatic heterocycles. The number of halogens is 1. The van der Waals surface area contributed by atoms with Crippen LogP contribution in [-0.2, 0) is 18.6 Å². The van der Waals surface area contributed by atoms with E-state index in [0.29, 0.717) is 24.2 Å². The maximum absolute atomic E-state index is 10.5. The second-order valence-corrected chi connectivity index (χ2v) is 6.74. The van der Waals surface area contributed by atoms with Crippen molar-refractivity contribution >= 4 is 29.9 Å². The summed E-state index contributed by atoms with van der Waals surface area (Å²) in [6.45, 7) is 5.73. The number of aryl methyl sites for hydroxylation is 2. The van der Waals surface area contributed by atoms with Gasteiger partial charge in [-0.1, -0.05) is 0 Å². The predicted octanol–water partition coefficient (Wildman–Crippen LogP) is 1.43. The topological polar surface area (TPSA) is 100 Å². The molecule has 0 saturated heterocycles. The minimum Gasteiger partial charge on any atom is -0.466 e. The Bertz CT molecular complexity index is 726. The Morgan fingerprint density at radius 1 is 1.46 bits per heavy atom. The molecule has 3 heterocycles. The van der Waals surface area contributed by atoms with Crippen LogP contribution in [0, 0.1) is 12.8 Å². The molecule has 0 aliphatic carbocycles. The van der Waals surface area contributed by atoms with Gasteiger partial charge in [0.2, 0.25) is 0 Å². The monoisotopic (exact) mass is 474 g/mol. The van der Waals surface area contributed by atoms with Crippen molar-refractivity contribution in [2.24, 2.45) is 10.9 Å². The lowest BCUT2D eigenvalue weighted by molar-refractivity contribution is 0.0385. The Morgan fingerprint density at radius 2 is 2.27 bits per heavy atom. The summed E-state index contributed by atoms with van der Waals surface area (Å²) >= 11 is 0. The third-order valence-electron chi connectivity index (χ3n) is 4.66. The maximum atomic E-state index is 10.5. The third kappa shape index (κ3) is 4.76. The number of nitrogens with zero attached hydrogens (tertiary/aromatic N) is 4. The highest BCUT2D eigenvalue weighted by Crippen LogP contribution is 2.20. The molecule has 0 saturated carbocycles. The first kappa shape index (κ1) is 20.7. The fourth-order valence-electron chi connectivity index (χ4n) is 3.09. The molecule has 2 unspecified atom stereocenters. The Morgan fingerprint density at radius 3 is 2.96 bits per heavy atom. The number of furan rings is 1. The van der Waals surface area contributed by atoms with E-state index in [4.69, 9.17) is 4.42 Å². The second kappa shape index (κ2) is 8.85. The van der Waals surface area contributed by atoms with E-state index in [1.807, 2.05) is 6.92 Å². The van der Waals surface area contributed by atoms with Gasteiger partial charge in [0.1, 0.15) is 23.0 Å². The summed E-state index contributed by atoms with van der Waals surface area (Å²) < 4.78 is 7.48. The molecule has 144 valence electrons. The first-order valence-corrected chi connectivity index (χ1v) is 8.59. The smallest absolute Gasteiger partial charge is 0.191 e. The molecule has 1 aliphatic rings. The maximum Gasteiger partial charge on any atom is 0.191 e. The molecule has 0 radical (unpaired) electrons. The molecular weight excluding hydrogens is 447 g/mol. The molecule has 3 N–H and O–H groups in total. The number of rotatable bonds is 5. The molecule has 0 fully saturated rings. The average molecular weight is 474 g/mol. The number of hydrogen-bond acceptors (Lipinski definition) is 5. The largest absolute Gasteiger partial charge is 0.466 e. The van der Waals surface area contributed by atoms with Gasteiger partial charge >= 0.3 is 0 Å². The quantitative estimate of drug-likeness (QED) is 0.345. The molecule has 0 bridgehead atoms. The van der Waals surface area contributed by atoms with Gasteiger partial charge in [-0.2, -0.15) is 0 Å². The number of guanidine groups is 1.